The second-order valence-corrected chi connectivity index (χ2v) is 3.97. The lowest BCUT2D eigenvalue weighted by Gasteiger charge is -2.10. The van der Waals surface area contributed by atoms with Gasteiger partial charge in [-0.15, -0.1) is 0 Å². The first-order valence-corrected chi connectivity index (χ1v) is 4.82. The molecular formula is C9H10INO2. The number of amides is 1. The zero-order valence-corrected chi connectivity index (χ0v) is 9.61. The van der Waals surface area contributed by atoms with Gasteiger partial charge in [0, 0.05) is 17.7 Å². The maximum Gasteiger partial charge on any atom is 0.414 e. The van der Waals surface area contributed by atoms with Crippen LogP contribution in [0.5, 0.6) is 5.75 Å². The number of nitrogens with zero attached hydrogens (tertiary/aromatic N) is 1. The highest BCUT2D eigenvalue weighted by atomic mass is 127. The summed E-state index contributed by atoms with van der Waals surface area (Å²) in [5, 5.41) is 0. The van der Waals surface area contributed by atoms with E-state index in [0.29, 0.717) is 5.75 Å². The topological polar surface area (TPSA) is 29.5 Å². The van der Waals surface area contributed by atoms with Crippen molar-refractivity contribution in [1.29, 1.82) is 0 Å². The van der Waals surface area contributed by atoms with Crippen molar-refractivity contribution in [2.75, 3.05) is 14.1 Å². The summed E-state index contributed by atoms with van der Waals surface area (Å²) >= 11 is 2.16. The number of halogens is 1. The highest BCUT2D eigenvalue weighted by Crippen LogP contribution is 2.15. The van der Waals surface area contributed by atoms with E-state index in [9.17, 15) is 4.79 Å². The van der Waals surface area contributed by atoms with Crippen molar-refractivity contribution < 1.29 is 9.53 Å². The molecule has 4 heteroatoms. The third kappa shape index (κ3) is 3.22. The van der Waals surface area contributed by atoms with Gasteiger partial charge in [0.15, 0.2) is 0 Å². The van der Waals surface area contributed by atoms with Crippen LogP contribution in [0.15, 0.2) is 24.3 Å². The van der Waals surface area contributed by atoms with Crippen LogP contribution in [-0.4, -0.2) is 25.1 Å². The lowest BCUT2D eigenvalue weighted by molar-refractivity contribution is 0.172. The van der Waals surface area contributed by atoms with Crippen LogP contribution >= 0.6 is 22.6 Å². The largest absolute Gasteiger partial charge is 0.414 e. The molecule has 0 unspecified atom stereocenters. The van der Waals surface area contributed by atoms with Gasteiger partial charge in [-0.2, -0.15) is 0 Å². The SMILES string of the molecule is CN(C)C(=O)Oc1cccc(I)c1. The van der Waals surface area contributed by atoms with E-state index < -0.39 is 0 Å². The molecule has 0 heterocycles. The fourth-order valence-electron chi connectivity index (χ4n) is 0.723. The molecule has 0 aliphatic carbocycles. The molecule has 1 aromatic rings. The molecule has 0 N–H and O–H groups in total. The highest BCUT2D eigenvalue weighted by Gasteiger charge is 2.05. The van der Waals surface area contributed by atoms with Gasteiger partial charge in [-0.3, -0.25) is 0 Å². The highest BCUT2D eigenvalue weighted by molar-refractivity contribution is 14.1. The molecule has 70 valence electrons. The summed E-state index contributed by atoms with van der Waals surface area (Å²) in [6, 6.07) is 7.35. The average molecular weight is 291 g/mol. The van der Waals surface area contributed by atoms with Gasteiger partial charge in [0.25, 0.3) is 0 Å². The van der Waals surface area contributed by atoms with Gasteiger partial charge in [0.2, 0.25) is 0 Å². The summed E-state index contributed by atoms with van der Waals surface area (Å²) in [6.07, 6.45) is -0.359. The summed E-state index contributed by atoms with van der Waals surface area (Å²) in [7, 11) is 3.30. The first-order chi connectivity index (χ1) is 6.09. The smallest absolute Gasteiger partial charge is 0.410 e. The van der Waals surface area contributed by atoms with Crippen molar-refractivity contribution >= 4 is 28.7 Å². The molecule has 0 fully saturated rings. The molecule has 1 amide bonds. The Morgan fingerprint density at radius 2 is 2.15 bits per heavy atom. The Morgan fingerprint density at radius 1 is 1.46 bits per heavy atom. The molecule has 3 nitrogen and oxygen atoms in total. The van der Waals surface area contributed by atoms with E-state index in [1.54, 1.807) is 20.2 Å². The first-order valence-electron chi connectivity index (χ1n) is 3.74. The third-order valence-electron chi connectivity index (χ3n) is 1.37. The maximum atomic E-state index is 11.1. The number of hydrogen-bond acceptors (Lipinski definition) is 2. The number of rotatable bonds is 1. The molecule has 0 atom stereocenters. The fourth-order valence-corrected chi connectivity index (χ4v) is 1.24. The van der Waals surface area contributed by atoms with Gasteiger partial charge < -0.3 is 9.64 Å². The Balaban J connectivity index is 2.69. The molecule has 0 bridgehead atoms. The van der Waals surface area contributed by atoms with E-state index in [0.717, 1.165) is 3.57 Å². The number of benzene rings is 1. The van der Waals surface area contributed by atoms with Crippen LogP contribution in [-0.2, 0) is 0 Å². The van der Waals surface area contributed by atoms with Crippen LogP contribution in [0.3, 0.4) is 0 Å². The quantitative estimate of drug-likeness (QED) is 0.743. The third-order valence-corrected chi connectivity index (χ3v) is 2.04. The Bertz CT molecular complexity index is 312. The normalized spacial score (nSPS) is 9.46. The van der Waals surface area contributed by atoms with Gasteiger partial charge in [-0.25, -0.2) is 4.79 Å². The van der Waals surface area contributed by atoms with Crippen molar-refractivity contribution in [3.8, 4) is 5.75 Å². The molecule has 1 rings (SSSR count). The summed E-state index contributed by atoms with van der Waals surface area (Å²) in [6.45, 7) is 0. The molecule has 1 aromatic carbocycles. The molecule has 0 saturated heterocycles. The second kappa shape index (κ2) is 4.45. The van der Waals surface area contributed by atoms with Gasteiger partial charge in [0.05, 0.1) is 0 Å². The number of hydrogen-bond donors (Lipinski definition) is 0. The van der Waals surface area contributed by atoms with Gasteiger partial charge in [0.1, 0.15) is 5.75 Å². The van der Waals surface area contributed by atoms with Crippen LogP contribution in [0.4, 0.5) is 4.79 Å². The van der Waals surface area contributed by atoms with Crippen molar-refractivity contribution in [3.63, 3.8) is 0 Å². The minimum absolute atomic E-state index is 0.359. The minimum atomic E-state index is -0.359. The molecule has 13 heavy (non-hydrogen) atoms. The van der Waals surface area contributed by atoms with E-state index in [2.05, 4.69) is 22.6 Å². The summed E-state index contributed by atoms with van der Waals surface area (Å²) in [4.78, 5) is 12.5. The lowest BCUT2D eigenvalue weighted by atomic mass is 10.3. The summed E-state index contributed by atoms with van der Waals surface area (Å²) in [5.74, 6) is 0.575. The minimum Gasteiger partial charge on any atom is -0.410 e. The van der Waals surface area contributed by atoms with E-state index in [4.69, 9.17) is 4.74 Å². The summed E-state index contributed by atoms with van der Waals surface area (Å²) in [5.41, 5.74) is 0. The van der Waals surface area contributed by atoms with E-state index in [1.165, 1.54) is 4.90 Å². The molecule has 0 saturated carbocycles. The van der Waals surface area contributed by atoms with Crippen LogP contribution in [0.1, 0.15) is 0 Å². The van der Waals surface area contributed by atoms with Crippen molar-refractivity contribution in [1.82, 2.24) is 4.90 Å². The maximum absolute atomic E-state index is 11.1. The summed E-state index contributed by atoms with van der Waals surface area (Å²) < 4.78 is 6.08. The Kier molecular flexibility index (Phi) is 3.53. The van der Waals surface area contributed by atoms with Gasteiger partial charge in [-0.05, 0) is 40.8 Å². The predicted octanol–water partition coefficient (Wildman–Crippen LogP) is 2.35. The fraction of sp³-hybridized carbons (Fsp3) is 0.222. The average Bonchev–Trinajstić information content (AvgIpc) is 2.04. The van der Waals surface area contributed by atoms with Crippen LogP contribution < -0.4 is 4.74 Å². The number of ether oxygens (including phenoxy) is 1. The Morgan fingerprint density at radius 3 is 2.69 bits per heavy atom. The molecular weight excluding hydrogens is 281 g/mol. The Labute approximate surface area is 90.8 Å². The van der Waals surface area contributed by atoms with Crippen molar-refractivity contribution in [2.45, 2.75) is 0 Å². The molecule has 0 spiro atoms. The monoisotopic (exact) mass is 291 g/mol. The predicted molar refractivity (Wildman–Crippen MR) is 58.9 cm³/mol. The van der Waals surface area contributed by atoms with Crippen molar-refractivity contribution in [3.05, 3.63) is 27.8 Å². The van der Waals surface area contributed by atoms with Gasteiger partial charge >= 0.3 is 6.09 Å². The zero-order valence-electron chi connectivity index (χ0n) is 7.45. The lowest BCUT2D eigenvalue weighted by Crippen LogP contribution is -2.25. The first kappa shape index (κ1) is 10.3. The van der Waals surface area contributed by atoms with Crippen molar-refractivity contribution in [2.24, 2.45) is 0 Å². The van der Waals surface area contributed by atoms with E-state index in [1.807, 2.05) is 18.2 Å². The standard InChI is InChI=1S/C9H10INO2/c1-11(2)9(12)13-8-5-3-4-7(10)6-8/h3-6H,1-2H3. The van der Waals surface area contributed by atoms with E-state index in [-0.39, 0.29) is 6.09 Å². The van der Waals surface area contributed by atoms with Crippen LogP contribution in [0.25, 0.3) is 0 Å². The zero-order chi connectivity index (χ0) is 9.84. The number of carbonyl (C=O) groups is 1. The molecule has 0 aliphatic heterocycles. The van der Waals surface area contributed by atoms with Crippen LogP contribution in [0, 0.1) is 3.57 Å². The van der Waals surface area contributed by atoms with E-state index >= 15 is 0 Å². The van der Waals surface area contributed by atoms with Gasteiger partial charge in [-0.1, -0.05) is 6.07 Å². The van der Waals surface area contributed by atoms with Crippen LogP contribution in [0.2, 0.25) is 0 Å². The molecule has 0 aromatic heterocycles. The number of carbonyl (C=O) groups excluding carboxylic acids is 1. The molecule has 0 radical (unpaired) electrons. The Hall–Kier alpha value is -0.780. The molecule has 0 aliphatic rings. The second-order valence-electron chi connectivity index (χ2n) is 2.72.